The van der Waals surface area contributed by atoms with Crippen LogP contribution >= 0.6 is 0 Å². The molecule has 1 N–H and O–H groups in total. The normalized spacial score (nSPS) is 10.8. The molecule has 6 nitrogen and oxygen atoms in total. The minimum atomic E-state index is 0.552. The van der Waals surface area contributed by atoms with Crippen LogP contribution in [-0.4, -0.2) is 26.7 Å². The Morgan fingerprint density at radius 2 is 1.72 bits per heavy atom. The number of anilines is 2. The predicted molar refractivity (Wildman–Crippen MR) is 97.2 cm³/mol. The monoisotopic (exact) mass is 331 g/mol. The van der Waals surface area contributed by atoms with Crippen LogP contribution in [-0.2, 0) is 0 Å². The first kappa shape index (κ1) is 15.1. The van der Waals surface area contributed by atoms with Crippen LogP contribution in [0.1, 0.15) is 5.69 Å². The number of benzene rings is 2. The van der Waals surface area contributed by atoms with Gasteiger partial charge in [-0.3, -0.25) is 0 Å². The lowest BCUT2D eigenvalue weighted by molar-refractivity contribution is 0.417. The molecule has 0 aliphatic rings. The molecule has 25 heavy (non-hydrogen) atoms. The largest absolute Gasteiger partial charge is 0.495 e. The minimum absolute atomic E-state index is 0.552. The smallest absolute Gasteiger partial charge is 0.254 e. The van der Waals surface area contributed by atoms with E-state index >= 15 is 0 Å². The Labute approximate surface area is 145 Å². The molecule has 0 radical (unpaired) electrons. The van der Waals surface area contributed by atoms with E-state index in [0.29, 0.717) is 11.6 Å². The zero-order valence-electron chi connectivity index (χ0n) is 14.0. The van der Waals surface area contributed by atoms with Gasteiger partial charge in [0.15, 0.2) is 5.82 Å². The standard InChI is InChI=1S/C19H17N5O/c1-13-12-17(21-15-10-6-7-11-16(15)25-2)24-19(20-13)22-18(23-24)14-8-4-3-5-9-14/h3-12,21H,1-2H3. The SMILES string of the molecule is COc1ccccc1Nc1cc(C)nc2nc(-c3ccccc3)nn12. The van der Waals surface area contributed by atoms with E-state index in [1.807, 2.05) is 67.6 Å². The van der Waals surface area contributed by atoms with Crippen molar-refractivity contribution in [3.8, 4) is 17.1 Å². The maximum Gasteiger partial charge on any atom is 0.254 e. The molecule has 0 fully saturated rings. The number of hydrogen-bond donors (Lipinski definition) is 1. The summed E-state index contributed by atoms with van der Waals surface area (Å²) < 4.78 is 7.12. The first-order valence-electron chi connectivity index (χ1n) is 7.94. The third kappa shape index (κ3) is 2.89. The summed E-state index contributed by atoms with van der Waals surface area (Å²) in [6.07, 6.45) is 0. The van der Waals surface area contributed by atoms with Crippen molar-refractivity contribution in [1.29, 1.82) is 0 Å². The van der Waals surface area contributed by atoms with Gasteiger partial charge in [0.25, 0.3) is 5.78 Å². The van der Waals surface area contributed by atoms with Gasteiger partial charge in [-0.2, -0.15) is 9.50 Å². The number of nitrogens with zero attached hydrogens (tertiary/aromatic N) is 4. The summed E-state index contributed by atoms with van der Waals surface area (Å²) in [6, 6.07) is 19.5. The van der Waals surface area contributed by atoms with E-state index in [4.69, 9.17) is 4.74 Å². The molecule has 4 rings (SSSR count). The predicted octanol–water partition coefficient (Wildman–Crippen LogP) is 3.85. The number of aryl methyl sites for hydroxylation is 1. The molecule has 0 aliphatic heterocycles. The van der Waals surface area contributed by atoms with Gasteiger partial charge >= 0.3 is 0 Å². The molecule has 0 bridgehead atoms. The van der Waals surface area contributed by atoms with Crippen molar-refractivity contribution < 1.29 is 4.74 Å². The van der Waals surface area contributed by atoms with Crippen molar-refractivity contribution in [2.24, 2.45) is 0 Å². The molecular weight excluding hydrogens is 314 g/mol. The first-order valence-corrected chi connectivity index (χ1v) is 7.94. The van der Waals surface area contributed by atoms with Gasteiger partial charge in [0.05, 0.1) is 12.8 Å². The molecule has 2 aromatic carbocycles. The van der Waals surface area contributed by atoms with E-state index in [0.717, 1.165) is 28.5 Å². The molecule has 2 heterocycles. The molecule has 0 atom stereocenters. The topological polar surface area (TPSA) is 64.3 Å². The van der Waals surface area contributed by atoms with Crippen LogP contribution in [0.25, 0.3) is 17.2 Å². The summed E-state index contributed by atoms with van der Waals surface area (Å²) in [7, 11) is 1.65. The van der Waals surface area contributed by atoms with E-state index in [1.165, 1.54) is 0 Å². The minimum Gasteiger partial charge on any atom is -0.495 e. The van der Waals surface area contributed by atoms with Crippen LogP contribution in [0, 0.1) is 6.92 Å². The van der Waals surface area contributed by atoms with Gasteiger partial charge in [-0.05, 0) is 19.1 Å². The van der Waals surface area contributed by atoms with Crippen LogP contribution < -0.4 is 10.1 Å². The summed E-state index contributed by atoms with van der Waals surface area (Å²) in [5, 5.41) is 7.98. The number of hydrogen-bond acceptors (Lipinski definition) is 5. The number of nitrogens with one attached hydrogen (secondary N) is 1. The second kappa shape index (κ2) is 6.24. The second-order valence-electron chi connectivity index (χ2n) is 5.62. The van der Waals surface area contributed by atoms with E-state index in [-0.39, 0.29) is 0 Å². The van der Waals surface area contributed by atoms with Gasteiger partial charge in [0.1, 0.15) is 11.6 Å². The van der Waals surface area contributed by atoms with Gasteiger partial charge in [0.2, 0.25) is 0 Å². The Bertz CT molecular complexity index is 1030. The lowest BCUT2D eigenvalue weighted by Gasteiger charge is -2.11. The summed E-state index contributed by atoms with van der Waals surface area (Å²) in [4.78, 5) is 9.04. The lowest BCUT2D eigenvalue weighted by Crippen LogP contribution is -2.03. The molecule has 0 aliphatic carbocycles. The van der Waals surface area contributed by atoms with Crippen molar-refractivity contribution in [2.45, 2.75) is 6.92 Å². The maximum absolute atomic E-state index is 5.41. The molecule has 4 aromatic rings. The van der Waals surface area contributed by atoms with Crippen LogP contribution in [0.3, 0.4) is 0 Å². The molecule has 0 saturated heterocycles. The van der Waals surface area contributed by atoms with Crippen LogP contribution in [0.4, 0.5) is 11.5 Å². The van der Waals surface area contributed by atoms with Gasteiger partial charge in [-0.15, -0.1) is 5.10 Å². The maximum atomic E-state index is 5.41. The average molecular weight is 331 g/mol. The molecule has 0 spiro atoms. The Morgan fingerprint density at radius 1 is 0.960 bits per heavy atom. The second-order valence-corrected chi connectivity index (χ2v) is 5.62. The molecule has 2 aromatic heterocycles. The van der Waals surface area contributed by atoms with E-state index in [2.05, 4.69) is 20.4 Å². The van der Waals surface area contributed by atoms with Crippen LogP contribution in [0.15, 0.2) is 60.7 Å². The number of methoxy groups -OCH3 is 1. The highest BCUT2D eigenvalue weighted by Crippen LogP contribution is 2.27. The van der Waals surface area contributed by atoms with Crippen molar-refractivity contribution >= 4 is 17.3 Å². The molecule has 6 heteroatoms. The number of aromatic nitrogens is 4. The average Bonchev–Trinajstić information content (AvgIpc) is 3.07. The van der Waals surface area contributed by atoms with Crippen molar-refractivity contribution in [3.63, 3.8) is 0 Å². The molecule has 0 saturated carbocycles. The zero-order valence-corrected chi connectivity index (χ0v) is 14.0. The summed E-state index contributed by atoms with van der Waals surface area (Å²) in [5.74, 6) is 2.73. The number of ether oxygens (including phenoxy) is 1. The van der Waals surface area contributed by atoms with E-state index in [9.17, 15) is 0 Å². The third-order valence-electron chi connectivity index (χ3n) is 3.84. The number of fused-ring (bicyclic) bond motifs is 1. The third-order valence-corrected chi connectivity index (χ3v) is 3.84. The van der Waals surface area contributed by atoms with Crippen molar-refractivity contribution in [2.75, 3.05) is 12.4 Å². The summed E-state index contributed by atoms with van der Waals surface area (Å²) >= 11 is 0. The fraction of sp³-hybridized carbons (Fsp3) is 0.105. The summed E-state index contributed by atoms with van der Waals surface area (Å²) in [5.41, 5.74) is 2.67. The Kier molecular flexibility index (Phi) is 3.78. The quantitative estimate of drug-likeness (QED) is 0.615. The highest BCUT2D eigenvalue weighted by atomic mass is 16.5. The Morgan fingerprint density at radius 3 is 2.52 bits per heavy atom. The fourth-order valence-electron chi connectivity index (χ4n) is 2.67. The lowest BCUT2D eigenvalue weighted by atomic mass is 10.2. The number of para-hydroxylation sites is 2. The van der Waals surface area contributed by atoms with Gasteiger partial charge in [-0.1, -0.05) is 42.5 Å². The van der Waals surface area contributed by atoms with Gasteiger partial charge < -0.3 is 10.1 Å². The number of rotatable bonds is 4. The molecule has 124 valence electrons. The van der Waals surface area contributed by atoms with Gasteiger partial charge in [0, 0.05) is 17.3 Å². The zero-order chi connectivity index (χ0) is 17.2. The van der Waals surface area contributed by atoms with E-state index < -0.39 is 0 Å². The van der Waals surface area contributed by atoms with Crippen LogP contribution in [0.5, 0.6) is 5.75 Å². The van der Waals surface area contributed by atoms with E-state index in [1.54, 1.807) is 11.6 Å². The van der Waals surface area contributed by atoms with Crippen molar-refractivity contribution in [1.82, 2.24) is 19.6 Å². The summed E-state index contributed by atoms with van der Waals surface area (Å²) in [6.45, 7) is 1.93. The first-order chi connectivity index (χ1) is 12.2. The Balaban J connectivity index is 1.82. The molecule has 0 amide bonds. The van der Waals surface area contributed by atoms with Crippen LogP contribution in [0.2, 0.25) is 0 Å². The van der Waals surface area contributed by atoms with Gasteiger partial charge in [-0.25, -0.2) is 4.98 Å². The van der Waals surface area contributed by atoms with Crippen molar-refractivity contribution in [3.05, 3.63) is 66.4 Å². The fourth-order valence-corrected chi connectivity index (χ4v) is 2.67. The molecule has 0 unspecified atom stereocenters. The highest BCUT2D eigenvalue weighted by Gasteiger charge is 2.12. The molecular formula is C19H17N5O. The highest BCUT2D eigenvalue weighted by molar-refractivity contribution is 5.66. The Hall–Kier alpha value is -3.41.